The predicted molar refractivity (Wildman–Crippen MR) is 114 cm³/mol. The molecule has 1 N–H and O–H groups in total. The molecule has 9 atom stereocenters. The van der Waals surface area contributed by atoms with Crippen molar-refractivity contribution in [2.24, 2.45) is 52.3 Å². The Labute approximate surface area is 169 Å². The quantitative estimate of drug-likeness (QED) is 0.545. The molecule has 1 heteroatoms. The van der Waals surface area contributed by atoms with Gasteiger partial charge in [0.2, 0.25) is 0 Å². The summed E-state index contributed by atoms with van der Waals surface area (Å²) in [5.41, 5.74) is 1.06. The van der Waals surface area contributed by atoms with Gasteiger partial charge >= 0.3 is 0 Å². The second-order valence-corrected chi connectivity index (χ2v) is 12.3. The molecular formula is C26H46O. The van der Waals surface area contributed by atoms with E-state index in [1.807, 2.05) is 0 Å². The second kappa shape index (κ2) is 7.33. The number of fused-ring (bicyclic) bond motifs is 5. The lowest BCUT2D eigenvalue weighted by Crippen LogP contribution is -2.50. The van der Waals surface area contributed by atoms with E-state index in [0.29, 0.717) is 10.8 Å². The first-order valence-electron chi connectivity index (χ1n) is 12.4. The van der Waals surface area contributed by atoms with E-state index in [0.717, 1.165) is 54.3 Å². The molecule has 4 aliphatic carbocycles. The van der Waals surface area contributed by atoms with Gasteiger partial charge in [0.05, 0.1) is 6.10 Å². The third-order valence-electron chi connectivity index (χ3n) is 10.5. The van der Waals surface area contributed by atoms with Crippen LogP contribution < -0.4 is 0 Å². The number of aliphatic hydroxyl groups is 1. The fraction of sp³-hybridized carbons (Fsp3) is 1.00. The molecule has 0 radical (unpaired) electrons. The Hall–Kier alpha value is -0.0400. The van der Waals surface area contributed by atoms with Crippen molar-refractivity contribution in [3.8, 4) is 0 Å². The van der Waals surface area contributed by atoms with E-state index in [-0.39, 0.29) is 6.10 Å². The highest BCUT2D eigenvalue weighted by Gasteiger charge is 2.61. The molecule has 0 unspecified atom stereocenters. The molecule has 0 heterocycles. The first kappa shape index (κ1) is 20.2. The summed E-state index contributed by atoms with van der Waals surface area (Å²) in [6.45, 7) is 12.6. The van der Waals surface area contributed by atoms with Crippen molar-refractivity contribution in [1.82, 2.24) is 0 Å². The summed E-state index contributed by atoms with van der Waals surface area (Å²) in [7, 11) is 0. The van der Waals surface area contributed by atoms with Gasteiger partial charge in [0.25, 0.3) is 0 Å². The maximum absolute atomic E-state index is 10.4. The summed E-state index contributed by atoms with van der Waals surface area (Å²) in [5.74, 6) is 6.39. The van der Waals surface area contributed by atoms with Gasteiger partial charge in [-0.15, -0.1) is 0 Å². The summed E-state index contributed by atoms with van der Waals surface area (Å²) in [5, 5.41) is 10.4. The van der Waals surface area contributed by atoms with Crippen LogP contribution in [0.4, 0.5) is 0 Å². The molecule has 0 aromatic heterocycles. The lowest BCUT2D eigenvalue weighted by molar-refractivity contribution is -0.0911. The lowest BCUT2D eigenvalue weighted by atomic mass is 9.47. The lowest BCUT2D eigenvalue weighted by Gasteiger charge is -2.58. The van der Waals surface area contributed by atoms with Crippen molar-refractivity contribution >= 4 is 0 Å². The summed E-state index contributed by atoms with van der Waals surface area (Å²) >= 11 is 0. The molecule has 0 saturated heterocycles. The predicted octanol–water partition coefficient (Wildman–Crippen LogP) is 7.08. The van der Waals surface area contributed by atoms with Crippen molar-refractivity contribution < 1.29 is 5.11 Å². The van der Waals surface area contributed by atoms with Crippen LogP contribution in [0.25, 0.3) is 0 Å². The number of hydrogen-bond acceptors (Lipinski definition) is 1. The average Bonchev–Trinajstić information content (AvgIpc) is 3.09. The van der Waals surface area contributed by atoms with E-state index >= 15 is 0 Å². The van der Waals surface area contributed by atoms with Gasteiger partial charge in [-0.05, 0) is 104 Å². The zero-order valence-corrected chi connectivity index (χ0v) is 18.8. The van der Waals surface area contributed by atoms with Gasteiger partial charge < -0.3 is 5.11 Å². The molecule has 4 aliphatic rings. The van der Waals surface area contributed by atoms with Crippen LogP contribution in [0.5, 0.6) is 0 Å². The van der Waals surface area contributed by atoms with E-state index in [1.54, 1.807) is 0 Å². The van der Waals surface area contributed by atoms with Crippen LogP contribution in [0.2, 0.25) is 0 Å². The Morgan fingerprint density at radius 3 is 2.37 bits per heavy atom. The molecule has 1 nitrogen and oxygen atoms in total. The van der Waals surface area contributed by atoms with E-state index in [2.05, 4.69) is 34.6 Å². The minimum atomic E-state index is -0.00985. The Morgan fingerprint density at radius 1 is 0.889 bits per heavy atom. The highest BCUT2D eigenvalue weighted by molar-refractivity contribution is 5.10. The van der Waals surface area contributed by atoms with E-state index in [4.69, 9.17) is 0 Å². The third kappa shape index (κ3) is 3.32. The highest BCUT2D eigenvalue weighted by Crippen LogP contribution is 2.68. The average molecular weight is 375 g/mol. The van der Waals surface area contributed by atoms with Crippen molar-refractivity contribution in [2.75, 3.05) is 0 Å². The Balaban J connectivity index is 1.47. The fourth-order valence-electron chi connectivity index (χ4n) is 9.18. The molecule has 4 fully saturated rings. The van der Waals surface area contributed by atoms with Gasteiger partial charge in [-0.2, -0.15) is 0 Å². The summed E-state index contributed by atoms with van der Waals surface area (Å²) in [6.07, 6.45) is 15.2. The van der Waals surface area contributed by atoms with E-state index in [9.17, 15) is 5.11 Å². The fourth-order valence-corrected chi connectivity index (χ4v) is 9.18. The van der Waals surface area contributed by atoms with Crippen LogP contribution in [0, 0.1) is 52.3 Å². The molecule has 0 spiro atoms. The van der Waals surface area contributed by atoms with Crippen LogP contribution in [0.15, 0.2) is 0 Å². The molecule has 156 valence electrons. The Bertz CT molecular complexity index is 526. The normalized spacial score (nSPS) is 50.3. The molecular weight excluding hydrogens is 328 g/mol. The molecule has 27 heavy (non-hydrogen) atoms. The molecule has 4 saturated carbocycles. The Kier molecular flexibility index (Phi) is 5.50. The van der Waals surface area contributed by atoms with Gasteiger partial charge in [-0.1, -0.05) is 53.9 Å². The molecule has 0 aromatic rings. The topological polar surface area (TPSA) is 20.2 Å². The smallest absolute Gasteiger partial charge is 0.0548 e. The van der Waals surface area contributed by atoms with Gasteiger partial charge in [0.1, 0.15) is 0 Å². The summed E-state index contributed by atoms with van der Waals surface area (Å²) in [6, 6.07) is 0. The van der Waals surface area contributed by atoms with Crippen LogP contribution in [0.3, 0.4) is 0 Å². The first-order valence-corrected chi connectivity index (χ1v) is 12.4. The molecule has 0 aromatic carbocycles. The van der Waals surface area contributed by atoms with E-state index in [1.165, 1.54) is 57.8 Å². The van der Waals surface area contributed by atoms with Crippen molar-refractivity contribution in [3.63, 3.8) is 0 Å². The highest BCUT2D eigenvalue weighted by atomic mass is 16.3. The van der Waals surface area contributed by atoms with E-state index < -0.39 is 0 Å². The van der Waals surface area contributed by atoms with Gasteiger partial charge in [-0.25, -0.2) is 0 Å². The molecule has 0 amide bonds. The zero-order chi connectivity index (χ0) is 19.4. The number of aliphatic hydroxyl groups excluding tert-OH is 1. The van der Waals surface area contributed by atoms with Crippen LogP contribution in [-0.4, -0.2) is 11.2 Å². The van der Waals surface area contributed by atoms with Crippen molar-refractivity contribution in [1.29, 1.82) is 0 Å². The maximum atomic E-state index is 10.4. The number of hydrogen-bond donors (Lipinski definition) is 1. The summed E-state index contributed by atoms with van der Waals surface area (Å²) in [4.78, 5) is 0. The van der Waals surface area contributed by atoms with Crippen LogP contribution in [-0.2, 0) is 0 Å². The monoisotopic (exact) mass is 374 g/mol. The second-order valence-electron chi connectivity index (χ2n) is 12.3. The molecule has 4 rings (SSSR count). The van der Waals surface area contributed by atoms with Crippen molar-refractivity contribution in [3.05, 3.63) is 0 Å². The Morgan fingerprint density at radius 2 is 1.63 bits per heavy atom. The zero-order valence-electron chi connectivity index (χ0n) is 18.8. The summed E-state index contributed by atoms with van der Waals surface area (Å²) < 4.78 is 0. The van der Waals surface area contributed by atoms with Gasteiger partial charge in [-0.3, -0.25) is 0 Å². The largest absolute Gasteiger partial charge is 0.393 e. The minimum Gasteiger partial charge on any atom is -0.393 e. The molecule has 0 aliphatic heterocycles. The first-order chi connectivity index (χ1) is 12.8. The van der Waals surface area contributed by atoms with Gasteiger partial charge in [0.15, 0.2) is 0 Å². The van der Waals surface area contributed by atoms with Gasteiger partial charge in [0, 0.05) is 0 Å². The third-order valence-corrected chi connectivity index (χ3v) is 10.5. The van der Waals surface area contributed by atoms with Crippen LogP contribution >= 0.6 is 0 Å². The minimum absolute atomic E-state index is 0.00985. The maximum Gasteiger partial charge on any atom is 0.0548 e. The molecule has 0 bridgehead atoms. The van der Waals surface area contributed by atoms with Crippen LogP contribution in [0.1, 0.15) is 105 Å². The standard InChI is InChI=1S/C26H46O/c1-17(2)7-6-8-18(3)22-11-12-23-21-10-9-19-15-20(27)16-26(19,5)24(21)13-14-25(22,23)4/h17-24,27H,6-16H2,1-5H3/t18-,19-,20-,21-,22-,23+,24+,25+,26-/m0/s1. The SMILES string of the molecule is CC(C)CCC[C@H](C)[C@@H]1CC[C@@H]2[C@@H]3CC[C@H]4C[C@H](O)C[C@]4(C)[C@@H]3CC[C@@]21C. The number of rotatable bonds is 5. The van der Waals surface area contributed by atoms with Crippen molar-refractivity contribution in [2.45, 2.75) is 111 Å².